The van der Waals surface area contributed by atoms with Crippen molar-refractivity contribution in [1.29, 1.82) is 0 Å². The lowest BCUT2D eigenvalue weighted by Gasteiger charge is -2.11. The first kappa shape index (κ1) is 15.5. The Kier molecular flexibility index (Phi) is 4.93. The van der Waals surface area contributed by atoms with Gasteiger partial charge in [-0.2, -0.15) is 0 Å². The maximum absolute atomic E-state index is 13.2. The Balaban J connectivity index is 2.08. The maximum Gasteiger partial charge on any atom is 0.323 e. The number of benzene rings is 2. The molecule has 2 amide bonds. The molecule has 4 nitrogen and oxygen atoms in total. The second-order valence-corrected chi connectivity index (χ2v) is 5.47. The molecular weight excluding hydrogens is 337 g/mol. The summed E-state index contributed by atoms with van der Waals surface area (Å²) in [7, 11) is 0. The summed E-state index contributed by atoms with van der Waals surface area (Å²) in [5.41, 5.74) is 7.69. The number of carbonyl (C=O) groups is 1. The van der Waals surface area contributed by atoms with Crippen molar-refractivity contribution in [2.75, 3.05) is 10.6 Å². The van der Waals surface area contributed by atoms with Gasteiger partial charge in [-0.1, -0.05) is 12.1 Å². The Morgan fingerprint density at radius 2 is 2.00 bits per heavy atom. The van der Waals surface area contributed by atoms with Gasteiger partial charge in [0.05, 0.1) is 5.69 Å². The molecule has 4 N–H and O–H groups in total. The quantitative estimate of drug-likeness (QED) is 0.773. The van der Waals surface area contributed by atoms with E-state index < -0.39 is 11.8 Å². The van der Waals surface area contributed by atoms with Crippen molar-refractivity contribution in [2.24, 2.45) is 5.73 Å². The van der Waals surface area contributed by atoms with Crippen LogP contribution in [-0.4, -0.2) is 6.03 Å². The summed E-state index contributed by atoms with van der Waals surface area (Å²) in [6, 6.07) is 10.7. The summed E-state index contributed by atoms with van der Waals surface area (Å²) < 4.78 is 13.8. The maximum atomic E-state index is 13.2. The number of nitrogens with two attached hydrogens (primary N) is 1. The Labute approximate surface area is 130 Å². The third-order valence-corrected chi connectivity index (χ3v) is 3.54. The van der Waals surface area contributed by atoms with Crippen molar-refractivity contribution >= 4 is 33.3 Å². The molecule has 21 heavy (non-hydrogen) atoms. The Bertz CT molecular complexity index is 661. The summed E-state index contributed by atoms with van der Waals surface area (Å²) in [5.74, 6) is -0.424. The fraction of sp³-hybridized carbons (Fsp3) is 0.133. The van der Waals surface area contributed by atoms with Gasteiger partial charge < -0.3 is 16.4 Å². The van der Waals surface area contributed by atoms with Crippen LogP contribution in [-0.2, 0) is 0 Å². The minimum absolute atomic E-state index is 0.118. The second-order valence-electron chi connectivity index (χ2n) is 4.62. The highest BCUT2D eigenvalue weighted by Crippen LogP contribution is 2.23. The summed E-state index contributed by atoms with van der Waals surface area (Å²) >= 11 is 3.25. The minimum atomic E-state index is -0.455. The highest BCUT2D eigenvalue weighted by molar-refractivity contribution is 9.10. The van der Waals surface area contributed by atoms with E-state index in [0.29, 0.717) is 15.8 Å². The lowest BCUT2D eigenvalue weighted by Crippen LogP contribution is -2.20. The van der Waals surface area contributed by atoms with Gasteiger partial charge in [0, 0.05) is 16.2 Å². The molecule has 2 aromatic rings. The average molecular weight is 352 g/mol. The van der Waals surface area contributed by atoms with Crippen LogP contribution in [0.3, 0.4) is 0 Å². The van der Waals surface area contributed by atoms with Crippen LogP contribution in [0.4, 0.5) is 20.6 Å². The fourth-order valence-electron chi connectivity index (χ4n) is 1.78. The Morgan fingerprint density at radius 3 is 2.71 bits per heavy atom. The van der Waals surface area contributed by atoms with E-state index in [4.69, 9.17) is 5.73 Å². The van der Waals surface area contributed by atoms with E-state index in [1.54, 1.807) is 12.1 Å². The number of rotatable bonds is 3. The zero-order chi connectivity index (χ0) is 15.4. The van der Waals surface area contributed by atoms with Gasteiger partial charge in [-0.05, 0) is 58.7 Å². The van der Waals surface area contributed by atoms with E-state index in [0.717, 1.165) is 5.56 Å². The molecule has 1 unspecified atom stereocenters. The van der Waals surface area contributed by atoms with E-state index in [9.17, 15) is 9.18 Å². The molecule has 0 bridgehead atoms. The van der Waals surface area contributed by atoms with E-state index in [-0.39, 0.29) is 6.04 Å². The Hall–Kier alpha value is -1.92. The first-order chi connectivity index (χ1) is 9.95. The van der Waals surface area contributed by atoms with Crippen LogP contribution < -0.4 is 16.4 Å². The Morgan fingerprint density at radius 1 is 1.24 bits per heavy atom. The number of carbonyl (C=O) groups excluding carboxylic acids is 1. The standard InChI is InChI=1S/C15H15BrFN3O/c1-9(18)10-3-2-4-12(7-10)19-15(21)20-14-8-11(17)5-6-13(14)16/h2-9H,18H2,1H3,(H2,19,20,21). The molecule has 2 aromatic carbocycles. The predicted molar refractivity (Wildman–Crippen MR) is 85.8 cm³/mol. The summed E-state index contributed by atoms with van der Waals surface area (Å²) in [5, 5.41) is 5.26. The third-order valence-electron chi connectivity index (χ3n) is 2.85. The lowest BCUT2D eigenvalue weighted by atomic mass is 10.1. The molecule has 2 rings (SSSR count). The van der Waals surface area contributed by atoms with Gasteiger partial charge in [0.25, 0.3) is 0 Å². The summed E-state index contributed by atoms with van der Waals surface area (Å²) in [6.45, 7) is 1.86. The molecule has 0 aliphatic carbocycles. The zero-order valence-electron chi connectivity index (χ0n) is 11.4. The normalized spacial score (nSPS) is 11.8. The molecular formula is C15H15BrFN3O. The molecule has 0 fully saturated rings. The molecule has 0 aliphatic rings. The SMILES string of the molecule is CC(N)c1cccc(NC(=O)Nc2cc(F)ccc2Br)c1. The summed E-state index contributed by atoms with van der Waals surface area (Å²) in [4.78, 5) is 11.9. The molecule has 110 valence electrons. The first-order valence-corrected chi connectivity index (χ1v) is 7.13. The van der Waals surface area contributed by atoms with Crippen LogP contribution in [0.5, 0.6) is 0 Å². The number of urea groups is 1. The van der Waals surface area contributed by atoms with Crippen LogP contribution >= 0.6 is 15.9 Å². The van der Waals surface area contributed by atoms with Gasteiger partial charge in [0.15, 0.2) is 0 Å². The largest absolute Gasteiger partial charge is 0.324 e. The zero-order valence-corrected chi connectivity index (χ0v) is 12.9. The highest BCUT2D eigenvalue weighted by Gasteiger charge is 2.08. The van der Waals surface area contributed by atoms with Crippen molar-refractivity contribution in [3.05, 3.63) is 58.3 Å². The molecule has 0 saturated carbocycles. The highest BCUT2D eigenvalue weighted by atomic mass is 79.9. The number of amides is 2. The van der Waals surface area contributed by atoms with Crippen LogP contribution in [0, 0.1) is 5.82 Å². The smallest absolute Gasteiger partial charge is 0.323 e. The van der Waals surface area contributed by atoms with Gasteiger partial charge in [-0.3, -0.25) is 0 Å². The van der Waals surface area contributed by atoms with E-state index in [1.165, 1.54) is 18.2 Å². The van der Waals surface area contributed by atoms with Crippen molar-refractivity contribution in [3.63, 3.8) is 0 Å². The second kappa shape index (κ2) is 6.69. The first-order valence-electron chi connectivity index (χ1n) is 6.34. The van der Waals surface area contributed by atoms with E-state index in [1.807, 2.05) is 19.1 Å². The topological polar surface area (TPSA) is 67.1 Å². The fourth-order valence-corrected chi connectivity index (χ4v) is 2.12. The van der Waals surface area contributed by atoms with Gasteiger partial charge >= 0.3 is 6.03 Å². The van der Waals surface area contributed by atoms with E-state index in [2.05, 4.69) is 26.6 Å². The van der Waals surface area contributed by atoms with Crippen molar-refractivity contribution in [3.8, 4) is 0 Å². The van der Waals surface area contributed by atoms with Gasteiger partial charge in [-0.25, -0.2) is 9.18 Å². The van der Waals surface area contributed by atoms with Gasteiger partial charge in [-0.15, -0.1) is 0 Å². The number of halogens is 2. The monoisotopic (exact) mass is 351 g/mol. The number of hydrogen-bond acceptors (Lipinski definition) is 2. The molecule has 6 heteroatoms. The minimum Gasteiger partial charge on any atom is -0.324 e. The number of hydrogen-bond donors (Lipinski definition) is 3. The predicted octanol–water partition coefficient (Wildman–Crippen LogP) is 4.25. The number of anilines is 2. The molecule has 1 atom stereocenters. The van der Waals surface area contributed by atoms with Crippen LogP contribution in [0.2, 0.25) is 0 Å². The van der Waals surface area contributed by atoms with Crippen LogP contribution in [0.25, 0.3) is 0 Å². The average Bonchev–Trinajstić information content (AvgIpc) is 2.43. The molecule has 0 heterocycles. The van der Waals surface area contributed by atoms with Crippen LogP contribution in [0.15, 0.2) is 46.9 Å². The van der Waals surface area contributed by atoms with Crippen LogP contribution in [0.1, 0.15) is 18.5 Å². The van der Waals surface area contributed by atoms with Gasteiger partial charge in [0.2, 0.25) is 0 Å². The number of nitrogens with one attached hydrogen (secondary N) is 2. The van der Waals surface area contributed by atoms with Crippen molar-refractivity contribution < 1.29 is 9.18 Å². The molecule has 0 radical (unpaired) electrons. The summed E-state index contributed by atoms with van der Waals surface area (Å²) in [6.07, 6.45) is 0. The molecule has 0 aliphatic heterocycles. The third kappa shape index (κ3) is 4.27. The molecule has 0 saturated heterocycles. The molecule has 0 aromatic heterocycles. The van der Waals surface area contributed by atoms with Crippen molar-refractivity contribution in [1.82, 2.24) is 0 Å². The lowest BCUT2D eigenvalue weighted by molar-refractivity contribution is 0.262. The van der Waals surface area contributed by atoms with Gasteiger partial charge in [0.1, 0.15) is 5.82 Å². The van der Waals surface area contributed by atoms with E-state index >= 15 is 0 Å². The van der Waals surface area contributed by atoms with Crippen molar-refractivity contribution in [2.45, 2.75) is 13.0 Å². The molecule has 0 spiro atoms.